The van der Waals surface area contributed by atoms with E-state index in [-0.39, 0.29) is 18.3 Å². The van der Waals surface area contributed by atoms with E-state index in [1.54, 1.807) is 17.7 Å². The molecule has 6 heteroatoms. The Labute approximate surface area is 171 Å². The normalized spacial score (nSPS) is 10.9. The molecule has 0 atom stereocenters. The zero-order valence-corrected chi connectivity index (χ0v) is 16.9. The van der Waals surface area contributed by atoms with Crippen molar-refractivity contribution in [3.8, 4) is 11.1 Å². The van der Waals surface area contributed by atoms with Crippen molar-refractivity contribution in [3.63, 3.8) is 0 Å². The molecule has 0 N–H and O–H groups in total. The second kappa shape index (κ2) is 8.54. The molecule has 2 aromatic heterocycles. The molecule has 4 rings (SSSR count). The summed E-state index contributed by atoms with van der Waals surface area (Å²) in [5, 5.41) is 1.82. The van der Waals surface area contributed by atoms with Gasteiger partial charge in [-0.3, -0.25) is 4.79 Å². The van der Waals surface area contributed by atoms with Crippen LogP contribution in [0.5, 0.6) is 0 Å². The summed E-state index contributed by atoms with van der Waals surface area (Å²) in [5.74, 6) is -0.0453. The standard InChI is InChI=1S/C22H18N2O2S2/c1-15-19(17-10-6-3-7-11-17)20-21(23-14-24-22(20)28-15)27-13-18(25)26-12-16-8-4-2-5-9-16/h2-11,14H,12-13H2,1H3. The number of aromatic nitrogens is 2. The molecule has 0 radical (unpaired) electrons. The van der Waals surface area contributed by atoms with Crippen LogP contribution in [0.2, 0.25) is 0 Å². The molecule has 0 saturated carbocycles. The number of carbonyl (C=O) groups excluding carboxylic acids is 1. The first-order valence-electron chi connectivity index (χ1n) is 8.84. The molecule has 2 heterocycles. The smallest absolute Gasteiger partial charge is 0.316 e. The molecule has 28 heavy (non-hydrogen) atoms. The van der Waals surface area contributed by atoms with Crippen molar-refractivity contribution in [2.75, 3.05) is 5.75 Å². The molecular formula is C22H18N2O2S2. The molecule has 4 aromatic rings. The Kier molecular flexibility index (Phi) is 5.69. The van der Waals surface area contributed by atoms with Crippen molar-refractivity contribution in [2.45, 2.75) is 18.6 Å². The number of esters is 1. The van der Waals surface area contributed by atoms with Crippen molar-refractivity contribution in [1.82, 2.24) is 9.97 Å². The number of hydrogen-bond acceptors (Lipinski definition) is 6. The molecule has 0 aliphatic heterocycles. The maximum Gasteiger partial charge on any atom is 0.316 e. The molecular weight excluding hydrogens is 388 g/mol. The van der Waals surface area contributed by atoms with Crippen LogP contribution in [-0.2, 0) is 16.1 Å². The van der Waals surface area contributed by atoms with Crippen LogP contribution in [0.3, 0.4) is 0 Å². The predicted molar refractivity (Wildman–Crippen MR) is 115 cm³/mol. The van der Waals surface area contributed by atoms with E-state index in [1.807, 2.05) is 48.5 Å². The summed E-state index contributed by atoms with van der Waals surface area (Å²) < 4.78 is 5.38. The van der Waals surface area contributed by atoms with Gasteiger partial charge in [0.2, 0.25) is 0 Å². The number of hydrogen-bond donors (Lipinski definition) is 0. The molecule has 0 bridgehead atoms. The highest BCUT2D eigenvalue weighted by atomic mass is 32.2. The summed E-state index contributed by atoms with van der Waals surface area (Å²) in [4.78, 5) is 23.2. The molecule has 0 spiro atoms. The number of nitrogens with zero attached hydrogens (tertiary/aromatic N) is 2. The Hall–Kier alpha value is -2.70. The maximum atomic E-state index is 12.2. The van der Waals surface area contributed by atoms with E-state index in [2.05, 4.69) is 29.0 Å². The Morgan fingerprint density at radius 1 is 1.04 bits per heavy atom. The van der Waals surface area contributed by atoms with Crippen LogP contribution in [0.1, 0.15) is 10.4 Å². The number of benzene rings is 2. The number of fused-ring (bicyclic) bond motifs is 1. The van der Waals surface area contributed by atoms with Crippen LogP contribution < -0.4 is 0 Å². The molecule has 0 unspecified atom stereocenters. The average Bonchev–Trinajstić information content (AvgIpc) is 3.08. The number of carbonyl (C=O) groups is 1. The summed E-state index contributed by atoms with van der Waals surface area (Å²) in [6, 6.07) is 19.9. The molecule has 0 aliphatic rings. The summed E-state index contributed by atoms with van der Waals surface area (Å²) in [6.07, 6.45) is 1.56. The van der Waals surface area contributed by atoms with Crippen molar-refractivity contribution in [1.29, 1.82) is 0 Å². The third kappa shape index (κ3) is 4.08. The predicted octanol–water partition coefficient (Wildman–Crippen LogP) is 5.50. The van der Waals surface area contributed by atoms with Gasteiger partial charge in [-0.25, -0.2) is 9.97 Å². The van der Waals surface area contributed by atoms with E-state index in [1.165, 1.54) is 16.6 Å². The van der Waals surface area contributed by atoms with Gasteiger partial charge in [0.15, 0.2) is 0 Å². The van der Waals surface area contributed by atoms with Gasteiger partial charge in [0, 0.05) is 10.4 Å². The lowest BCUT2D eigenvalue weighted by Crippen LogP contribution is -2.07. The van der Waals surface area contributed by atoms with E-state index < -0.39 is 0 Å². The van der Waals surface area contributed by atoms with Gasteiger partial charge >= 0.3 is 5.97 Å². The molecule has 2 aromatic carbocycles. The van der Waals surface area contributed by atoms with Gasteiger partial charge in [-0.05, 0) is 18.1 Å². The van der Waals surface area contributed by atoms with Gasteiger partial charge in [0.1, 0.15) is 22.8 Å². The number of ether oxygens (including phenoxy) is 1. The molecule has 0 amide bonds. The fourth-order valence-electron chi connectivity index (χ4n) is 2.99. The van der Waals surface area contributed by atoms with Gasteiger partial charge in [-0.2, -0.15) is 0 Å². The number of thiophene rings is 1. The second-order valence-electron chi connectivity index (χ2n) is 6.19. The van der Waals surface area contributed by atoms with Crippen LogP contribution in [0.25, 0.3) is 21.3 Å². The molecule has 4 nitrogen and oxygen atoms in total. The highest BCUT2D eigenvalue weighted by molar-refractivity contribution is 8.00. The van der Waals surface area contributed by atoms with Gasteiger partial charge in [0.25, 0.3) is 0 Å². The molecule has 0 saturated heterocycles. The minimum absolute atomic E-state index is 0.210. The zero-order valence-electron chi connectivity index (χ0n) is 15.3. The number of aryl methyl sites for hydroxylation is 1. The van der Waals surface area contributed by atoms with Crippen LogP contribution in [0, 0.1) is 6.92 Å². The summed E-state index contributed by atoms with van der Waals surface area (Å²) in [6.45, 7) is 2.38. The van der Waals surface area contributed by atoms with Crippen LogP contribution in [0.15, 0.2) is 72.0 Å². The van der Waals surface area contributed by atoms with Crippen molar-refractivity contribution < 1.29 is 9.53 Å². The molecule has 0 aliphatic carbocycles. The van der Waals surface area contributed by atoms with Crippen LogP contribution in [-0.4, -0.2) is 21.7 Å². The Bertz CT molecular complexity index is 1100. The van der Waals surface area contributed by atoms with Gasteiger partial charge in [-0.1, -0.05) is 72.4 Å². The van der Waals surface area contributed by atoms with E-state index >= 15 is 0 Å². The topological polar surface area (TPSA) is 52.1 Å². The third-order valence-corrected chi connectivity index (χ3v) is 6.24. The Morgan fingerprint density at radius 3 is 2.50 bits per heavy atom. The molecule has 140 valence electrons. The van der Waals surface area contributed by atoms with E-state index in [0.717, 1.165) is 31.9 Å². The minimum Gasteiger partial charge on any atom is -0.460 e. The fourth-order valence-corrected chi connectivity index (χ4v) is 4.87. The Balaban J connectivity index is 1.53. The average molecular weight is 407 g/mol. The highest BCUT2D eigenvalue weighted by Crippen LogP contribution is 2.41. The lowest BCUT2D eigenvalue weighted by Gasteiger charge is -2.07. The number of rotatable bonds is 6. The van der Waals surface area contributed by atoms with Gasteiger partial charge < -0.3 is 4.74 Å². The van der Waals surface area contributed by atoms with Gasteiger partial charge in [0.05, 0.1) is 11.1 Å². The maximum absolute atomic E-state index is 12.2. The second-order valence-corrected chi connectivity index (χ2v) is 8.36. The number of thioether (sulfide) groups is 1. The largest absolute Gasteiger partial charge is 0.460 e. The monoisotopic (exact) mass is 406 g/mol. The SMILES string of the molecule is Cc1sc2ncnc(SCC(=O)OCc3ccccc3)c2c1-c1ccccc1. The van der Waals surface area contributed by atoms with Crippen molar-refractivity contribution >= 4 is 39.3 Å². The van der Waals surface area contributed by atoms with Crippen molar-refractivity contribution in [3.05, 3.63) is 77.4 Å². The molecule has 0 fully saturated rings. The van der Waals surface area contributed by atoms with Crippen LogP contribution >= 0.6 is 23.1 Å². The summed E-state index contributed by atoms with van der Waals surface area (Å²) in [7, 11) is 0. The summed E-state index contributed by atoms with van der Waals surface area (Å²) in [5.41, 5.74) is 3.25. The highest BCUT2D eigenvalue weighted by Gasteiger charge is 2.17. The summed E-state index contributed by atoms with van der Waals surface area (Å²) >= 11 is 3.05. The fraction of sp³-hybridized carbons (Fsp3) is 0.136. The quantitative estimate of drug-likeness (QED) is 0.240. The van der Waals surface area contributed by atoms with E-state index in [4.69, 9.17) is 4.74 Å². The third-order valence-electron chi connectivity index (χ3n) is 4.26. The lowest BCUT2D eigenvalue weighted by molar-refractivity contribution is -0.141. The van der Waals surface area contributed by atoms with E-state index in [9.17, 15) is 4.79 Å². The van der Waals surface area contributed by atoms with Crippen molar-refractivity contribution in [2.24, 2.45) is 0 Å². The first kappa shape index (κ1) is 18.7. The lowest BCUT2D eigenvalue weighted by atomic mass is 10.0. The van der Waals surface area contributed by atoms with E-state index in [0.29, 0.717) is 0 Å². The first-order chi connectivity index (χ1) is 13.7. The zero-order chi connectivity index (χ0) is 19.3. The van der Waals surface area contributed by atoms with Crippen LogP contribution in [0.4, 0.5) is 0 Å². The first-order valence-corrected chi connectivity index (χ1v) is 10.6. The minimum atomic E-state index is -0.256. The Morgan fingerprint density at radius 2 is 1.75 bits per heavy atom. The van der Waals surface area contributed by atoms with Gasteiger partial charge in [-0.15, -0.1) is 11.3 Å².